The second-order valence-electron chi connectivity index (χ2n) is 14.6. The number of rotatable bonds is 9. The van der Waals surface area contributed by atoms with Crippen LogP contribution in [0, 0.1) is 5.82 Å². The molecule has 0 bridgehead atoms. The Morgan fingerprint density at radius 1 is 0.939 bits per heavy atom. The summed E-state index contributed by atoms with van der Waals surface area (Å²) in [6.45, 7) is 9.68. The average Bonchev–Trinajstić information content (AvgIpc) is 3.50. The molecule has 256 valence electrons. The van der Waals surface area contributed by atoms with Gasteiger partial charge in [-0.3, -0.25) is 4.79 Å². The van der Waals surface area contributed by atoms with E-state index in [4.69, 9.17) is 4.43 Å². The summed E-state index contributed by atoms with van der Waals surface area (Å²) in [6.07, 6.45) is 0.243. The van der Waals surface area contributed by atoms with Crippen LogP contribution in [0.15, 0.2) is 95.8 Å². The molecular formula is C38H41F3N4O3Si. The van der Waals surface area contributed by atoms with E-state index in [9.17, 15) is 14.0 Å². The zero-order valence-electron chi connectivity index (χ0n) is 28.6. The molecule has 1 amide bonds. The minimum atomic E-state index is -3.48. The molecule has 0 spiro atoms. The lowest BCUT2D eigenvalue weighted by molar-refractivity contribution is -0.116. The molecule has 2 aromatic heterocycles. The summed E-state index contributed by atoms with van der Waals surface area (Å²) in [5, 5.41) is 5.72. The first-order valence-electron chi connectivity index (χ1n) is 16.4. The van der Waals surface area contributed by atoms with E-state index in [1.165, 1.54) is 23.5 Å². The van der Waals surface area contributed by atoms with E-state index in [-0.39, 0.29) is 18.0 Å². The van der Waals surface area contributed by atoms with Gasteiger partial charge in [0.05, 0.1) is 11.4 Å². The molecule has 6 rings (SSSR count). The molecule has 11 heteroatoms. The summed E-state index contributed by atoms with van der Waals surface area (Å²) in [5.74, 6) is -4.07. The fourth-order valence-corrected chi connectivity index (χ4v) is 11.8. The van der Waals surface area contributed by atoms with Gasteiger partial charge in [0.15, 0.2) is 5.65 Å². The topological polar surface area (TPSA) is 68.8 Å². The zero-order valence-corrected chi connectivity index (χ0v) is 29.6. The van der Waals surface area contributed by atoms with Crippen molar-refractivity contribution in [2.24, 2.45) is 0 Å². The number of alkyl halides is 2. The van der Waals surface area contributed by atoms with Gasteiger partial charge in [0.1, 0.15) is 19.0 Å². The fraction of sp³-hybridized carbons (Fsp3) is 0.342. The lowest BCUT2D eigenvalue weighted by Crippen LogP contribution is -2.67. The molecule has 0 unspecified atom stereocenters. The van der Waals surface area contributed by atoms with Crippen LogP contribution in [0.2, 0.25) is 5.04 Å². The molecule has 0 N–H and O–H groups in total. The first-order chi connectivity index (χ1) is 23.0. The third-order valence-corrected chi connectivity index (χ3v) is 14.4. The highest BCUT2D eigenvalue weighted by Crippen LogP contribution is 2.42. The van der Waals surface area contributed by atoms with Gasteiger partial charge in [0, 0.05) is 30.9 Å². The van der Waals surface area contributed by atoms with Crippen LogP contribution in [0.25, 0.3) is 5.65 Å². The Balaban J connectivity index is 1.43. The van der Waals surface area contributed by atoms with Crippen molar-refractivity contribution in [2.75, 3.05) is 18.1 Å². The molecule has 0 atom stereocenters. The Bertz CT molecular complexity index is 2010. The van der Waals surface area contributed by atoms with Crippen LogP contribution in [0.4, 0.5) is 18.9 Å². The number of halogens is 3. The SMILES string of the molecule is CC(=O)N1CC(C)(C)c2c1cc(Cc1ccc(F)cc1)c1nn(CC(F)(F)CO[Si](c3ccccc3)(c3ccccc3)C(C)(C)C)c(=O)n21. The summed E-state index contributed by atoms with van der Waals surface area (Å²) >= 11 is 0. The molecule has 3 heterocycles. The standard InChI is InChI=1S/C38H41F3N4O3Si/c1-26(46)43-23-37(5,6)33-32(43)22-28(21-27-17-19-29(39)20-18-27)34-42-44(35(47)45(33)34)24-38(40,41)25-48-49(36(2,3)4,30-13-9-7-10-14-30)31-15-11-8-12-16-31/h7-20,22H,21,23-25H2,1-6H3. The Kier molecular flexibility index (Phi) is 8.73. The van der Waals surface area contributed by atoms with Crippen molar-refractivity contribution in [3.05, 3.63) is 124 Å². The maximum Gasteiger partial charge on any atom is 0.350 e. The van der Waals surface area contributed by atoms with Gasteiger partial charge in [-0.05, 0) is 39.2 Å². The van der Waals surface area contributed by atoms with Crippen molar-refractivity contribution in [3.8, 4) is 0 Å². The van der Waals surface area contributed by atoms with Crippen molar-refractivity contribution in [1.82, 2.24) is 14.2 Å². The summed E-state index contributed by atoms with van der Waals surface area (Å²) in [6, 6.07) is 26.8. The van der Waals surface area contributed by atoms with Gasteiger partial charge < -0.3 is 9.33 Å². The zero-order chi connectivity index (χ0) is 35.4. The largest absolute Gasteiger partial charge is 0.401 e. The maximum absolute atomic E-state index is 16.2. The fourth-order valence-electron chi connectivity index (χ4n) is 7.22. The lowest BCUT2D eigenvalue weighted by atomic mass is 9.90. The van der Waals surface area contributed by atoms with Crippen molar-refractivity contribution in [2.45, 2.75) is 70.9 Å². The minimum Gasteiger partial charge on any atom is -0.401 e. The number of nitrogens with zero attached hydrogens (tertiary/aromatic N) is 4. The molecule has 49 heavy (non-hydrogen) atoms. The third-order valence-electron chi connectivity index (χ3n) is 9.37. The Morgan fingerprint density at radius 2 is 1.51 bits per heavy atom. The van der Waals surface area contributed by atoms with Crippen LogP contribution in [0.3, 0.4) is 0 Å². The second-order valence-corrected chi connectivity index (χ2v) is 18.9. The number of benzene rings is 3. The van der Waals surface area contributed by atoms with Crippen LogP contribution in [-0.2, 0) is 27.6 Å². The molecule has 0 saturated heterocycles. The second kappa shape index (κ2) is 12.4. The number of carbonyl (C=O) groups excluding carboxylic acids is 1. The molecular weight excluding hydrogens is 646 g/mol. The highest BCUT2D eigenvalue weighted by molar-refractivity contribution is 6.99. The average molecular weight is 687 g/mol. The number of carbonyl (C=O) groups is 1. The maximum atomic E-state index is 16.2. The molecule has 7 nitrogen and oxygen atoms in total. The Labute approximate surface area is 285 Å². The minimum absolute atomic E-state index is 0.202. The summed E-state index contributed by atoms with van der Waals surface area (Å²) in [5.41, 5.74) is 1.18. The normalized spacial score (nSPS) is 14.8. The number of hydrogen-bond donors (Lipinski definition) is 0. The van der Waals surface area contributed by atoms with E-state index in [0.29, 0.717) is 23.5 Å². The molecule has 1 aliphatic heterocycles. The lowest BCUT2D eigenvalue weighted by Gasteiger charge is -2.43. The van der Waals surface area contributed by atoms with Gasteiger partial charge in [-0.1, -0.05) is 107 Å². The van der Waals surface area contributed by atoms with Crippen molar-refractivity contribution in [3.63, 3.8) is 0 Å². The summed E-state index contributed by atoms with van der Waals surface area (Å²) in [7, 11) is -3.29. The molecule has 0 aliphatic carbocycles. The molecule has 1 aliphatic rings. The van der Waals surface area contributed by atoms with Crippen LogP contribution < -0.4 is 21.0 Å². The molecule has 3 aromatic carbocycles. The van der Waals surface area contributed by atoms with Gasteiger partial charge in [0.25, 0.3) is 14.2 Å². The number of hydrogen-bond acceptors (Lipinski definition) is 4. The van der Waals surface area contributed by atoms with Gasteiger partial charge in [-0.2, -0.15) is 0 Å². The molecule has 0 radical (unpaired) electrons. The van der Waals surface area contributed by atoms with Gasteiger partial charge >= 0.3 is 5.69 Å². The Hall–Kier alpha value is -4.48. The third kappa shape index (κ3) is 6.25. The van der Waals surface area contributed by atoms with E-state index in [2.05, 4.69) is 5.10 Å². The van der Waals surface area contributed by atoms with E-state index in [0.717, 1.165) is 20.6 Å². The van der Waals surface area contributed by atoms with E-state index < -0.39 is 49.4 Å². The van der Waals surface area contributed by atoms with Crippen molar-refractivity contribution >= 4 is 35.9 Å². The first kappa shape index (κ1) is 34.4. The quantitative estimate of drug-likeness (QED) is 0.176. The van der Waals surface area contributed by atoms with Crippen LogP contribution in [-0.4, -0.2) is 47.5 Å². The Morgan fingerprint density at radius 3 is 2.04 bits per heavy atom. The molecule has 0 saturated carbocycles. The number of pyridine rings is 1. The monoisotopic (exact) mass is 686 g/mol. The van der Waals surface area contributed by atoms with E-state index in [1.807, 2.05) is 95.3 Å². The predicted molar refractivity (Wildman–Crippen MR) is 188 cm³/mol. The van der Waals surface area contributed by atoms with E-state index in [1.54, 1.807) is 23.1 Å². The van der Waals surface area contributed by atoms with Crippen LogP contribution >= 0.6 is 0 Å². The first-order valence-corrected chi connectivity index (χ1v) is 18.3. The van der Waals surface area contributed by atoms with Crippen LogP contribution in [0.1, 0.15) is 58.4 Å². The molecule has 0 fully saturated rings. The molecule has 5 aromatic rings. The van der Waals surface area contributed by atoms with Gasteiger partial charge in [-0.25, -0.2) is 27.0 Å². The van der Waals surface area contributed by atoms with E-state index >= 15 is 8.78 Å². The number of amides is 1. The van der Waals surface area contributed by atoms with Crippen molar-refractivity contribution < 1.29 is 22.4 Å². The number of anilines is 1. The number of fused-ring (bicyclic) bond motifs is 3. The van der Waals surface area contributed by atoms with Gasteiger partial charge in [-0.15, -0.1) is 5.10 Å². The smallest absolute Gasteiger partial charge is 0.350 e. The predicted octanol–water partition coefficient (Wildman–Crippen LogP) is 6.08. The highest BCUT2D eigenvalue weighted by atomic mass is 28.4. The van der Waals surface area contributed by atoms with Crippen LogP contribution in [0.5, 0.6) is 0 Å². The summed E-state index contributed by atoms with van der Waals surface area (Å²) < 4.78 is 54.9. The van der Waals surface area contributed by atoms with Gasteiger partial charge in [0.2, 0.25) is 5.91 Å². The highest BCUT2D eigenvalue weighted by Gasteiger charge is 2.52. The number of aromatic nitrogens is 3. The van der Waals surface area contributed by atoms with Crippen molar-refractivity contribution in [1.29, 1.82) is 0 Å². The summed E-state index contributed by atoms with van der Waals surface area (Å²) in [4.78, 5) is 28.4.